The Hall–Kier alpha value is -1.60. The van der Waals surface area contributed by atoms with Crippen LogP contribution in [0.4, 0.5) is 15.8 Å². The van der Waals surface area contributed by atoms with Crippen LogP contribution in [0.3, 0.4) is 0 Å². The first-order chi connectivity index (χ1) is 9.83. The maximum absolute atomic E-state index is 14.0. The van der Waals surface area contributed by atoms with Crippen molar-refractivity contribution in [1.29, 1.82) is 0 Å². The highest BCUT2D eigenvalue weighted by molar-refractivity contribution is 9.10. The van der Waals surface area contributed by atoms with Crippen LogP contribution in [0.5, 0.6) is 0 Å². The van der Waals surface area contributed by atoms with Crippen LogP contribution in [0.1, 0.15) is 5.56 Å². The third-order valence-corrected chi connectivity index (χ3v) is 4.72. The van der Waals surface area contributed by atoms with Crippen molar-refractivity contribution in [2.45, 2.75) is 11.8 Å². The molecule has 0 spiro atoms. The van der Waals surface area contributed by atoms with Crippen LogP contribution in [0.2, 0.25) is 0 Å². The average Bonchev–Trinajstić information content (AvgIpc) is 2.42. The summed E-state index contributed by atoms with van der Waals surface area (Å²) in [6, 6.07) is 9.13. The predicted molar refractivity (Wildman–Crippen MR) is 85.6 cm³/mol. The Kier molecular flexibility index (Phi) is 4.53. The van der Waals surface area contributed by atoms with Gasteiger partial charge >= 0.3 is 0 Å². The van der Waals surface area contributed by atoms with Crippen molar-refractivity contribution in [1.82, 2.24) is 0 Å². The van der Waals surface area contributed by atoms with Gasteiger partial charge in [-0.1, -0.05) is 33.6 Å². The largest absolute Gasteiger partial charge is 0.386 e. The molecule has 112 valence electrons. The van der Waals surface area contributed by atoms with Crippen molar-refractivity contribution in [2.24, 2.45) is 0 Å². The summed E-state index contributed by atoms with van der Waals surface area (Å²) in [5, 5.41) is 2.76. The van der Waals surface area contributed by atoms with E-state index >= 15 is 0 Å². The zero-order valence-corrected chi connectivity index (χ0v) is 13.8. The average molecular weight is 373 g/mol. The first-order valence-electron chi connectivity index (χ1n) is 6.10. The van der Waals surface area contributed by atoms with Gasteiger partial charge in [-0.3, -0.25) is 4.72 Å². The number of nitrogens with one attached hydrogen (secondary N) is 2. The number of rotatable bonds is 4. The molecule has 0 aliphatic rings. The zero-order chi connectivity index (χ0) is 15.6. The maximum atomic E-state index is 14.0. The van der Waals surface area contributed by atoms with E-state index in [1.807, 2.05) is 6.92 Å². The molecule has 0 heterocycles. The van der Waals surface area contributed by atoms with E-state index in [4.69, 9.17) is 0 Å². The summed E-state index contributed by atoms with van der Waals surface area (Å²) >= 11 is 3.16. The third-order valence-electron chi connectivity index (χ3n) is 2.89. The van der Waals surface area contributed by atoms with Gasteiger partial charge in [0, 0.05) is 11.5 Å². The number of benzene rings is 2. The van der Waals surface area contributed by atoms with Crippen molar-refractivity contribution < 1.29 is 12.8 Å². The van der Waals surface area contributed by atoms with Gasteiger partial charge in [-0.15, -0.1) is 0 Å². The molecule has 0 atom stereocenters. The lowest BCUT2D eigenvalue weighted by atomic mass is 10.2. The molecule has 0 unspecified atom stereocenters. The molecule has 0 aliphatic carbocycles. The molecule has 0 aromatic heterocycles. The Labute approximate surface area is 131 Å². The molecule has 7 heteroatoms. The molecule has 0 aliphatic heterocycles. The van der Waals surface area contributed by atoms with E-state index in [0.29, 0.717) is 10.2 Å². The molecule has 0 saturated carbocycles. The normalized spacial score (nSPS) is 11.2. The number of hydrogen-bond acceptors (Lipinski definition) is 3. The van der Waals surface area contributed by atoms with Gasteiger partial charge < -0.3 is 5.32 Å². The highest BCUT2D eigenvalue weighted by Crippen LogP contribution is 2.31. The Morgan fingerprint density at radius 2 is 1.76 bits per heavy atom. The van der Waals surface area contributed by atoms with Gasteiger partial charge in [-0.25, -0.2) is 12.8 Å². The Morgan fingerprint density at radius 1 is 1.14 bits per heavy atom. The van der Waals surface area contributed by atoms with E-state index in [2.05, 4.69) is 26.0 Å². The van der Waals surface area contributed by atoms with Crippen LogP contribution in [0, 0.1) is 12.7 Å². The Bertz CT molecular complexity index is 761. The molecular formula is C14H14BrFN2O2S. The van der Waals surface area contributed by atoms with Crippen LogP contribution in [-0.4, -0.2) is 15.5 Å². The highest BCUT2D eigenvalue weighted by atomic mass is 79.9. The van der Waals surface area contributed by atoms with Gasteiger partial charge in [0.1, 0.15) is 5.69 Å². The molecule has 0 fully saturated rings. The summed E-state index contributed by atoms with van der Waals surface area (Å²) in [5.74, 6) is -0.663. The van der Waals surface area contributed by atoms with Gasteiger partial charge in [0.05, 0.1) is 10.6 Å². The summed E-state index contributed by atoms with van der Waals surface area (Å²) in [4.78, 5) is 0.0810. The number of aryl methyl sites for hydroxylation is 1. The first kappa shape index (κ1) is 15.8. The summed E-state index contributed by atoms with van der Waals surface area (Å²) in [5.41, 5.74) is 1.18. The van der Waals surface area contributed by atoms with Crippen molar-refractivity contribution in [3.8, 4) is 0 Å². The zero-order valence-electron chi connectivity index (χ0n) is 11.4. The van der Waals surface area contributed by atoms with Crippen molar-refractivity contribution in [3.63, 3.8) is 0 Å². The topological polar surface area (TPSA) is 58.2 Å². The van der Waals surface area contributed by atoms with Crippen LogP contribution >= 0.6 is 15.9 Å². The fraction of sp³-hybridized carbons (Fsp3) is 0.143. The van der Waals surface area contributed by atoms with Gasteiger partial charge in [0.25, 0.3) is 10.0 Å². The van der Waals surface area contributed by atoms with Crippen LogP contribution in [0.15, 0.2) is 45.8 Å². The van der Waals surface area contributed by atoms with Crippen LogP contribution in [0.25, 0.3) is 0 Å². The Balaban J connectivity index is 2.44. The second-order valence-electron chi connectivity index (χ2n) is 4.48. The van der Waals surface area contributed by atoms with Gasteiger partial charge in [-0.2, -0.15) is 0 Å². The highest BCUT2D eigenvalue weighted by Gasteiger charge is 2.19. The molecular weight excluding hydrogens is 359 g/mol. The van der Waals surface area contributed by atoms with E-state index in [-0.39, 0.29) is 10.6 Å². The van der Waals surface area contributed by atoms with Crippen LogP contribution in [-0.2, 0) is 10.0 Å². The number of anilines is 2. The summed E-state index contributed by atoms with van der Waals surface area (Å²) in [6.45, 7) is 1.86. The standard InChI is InChI=1S/C14H14BrFN2O2S/c1-9-3-5-11(6-4-9)21(19,20)18-14-12(16)7-10(15)8-13(14)17-2/h3-8,17-18H,1-2H3. The maximum Gasteiger partial charge on any atom is 0.262 e. The molecule has 0 saturated heterocycles. The molecule has 4 nitrogen and oxygen atoms in total. The van der Waals surface area contributed by atoms with E-state index in [0.717, 1.165) is 5.56 Å². The van der Waals surface area contributed by atoms with Crippen LogP contribution < -0.4 is 10.0 Å². The second-order valence-corrected chi connectivity index (χ2v) is 7.08. The van der Waals surface area contributed by atoms with Crippen molar-refractivity contribution >= 4 is 37.3 Å². The third kappa shape index (κ3) is 3.54. The van der Waals surface area contributed by atoms with E-state index < -0.39 is 15.8 Å². The molecule has 21 heavy (non-hydrogen) atoms. The molecule has 2 aromatic carbocycles. The second kappa shape index (κ2) is 6.03. The van der Waals surface area contributed by atoms with Gasteiger partial charge in [0.2, 0.25) is 0 Å². The Morgan fingerprint density at radius 3 is 2.33 bits per heavy atom. The lowest BCUT2D eigenvalue weighted by Crippen LogP contribution is -2.15. The number of hydrogen-bond donors (Lipinski definition) is 2. The lowest BCUT2D eigenvalue weighted by molar-refractivity contribution is 0.598. The minimum absolute atomic E-state index is 0.0810. The fourth-order valence-corrected chi connectivity index (χ4v) is 3.30. The predicted octanol–water partition coefficient (Wildman–Crippen LogP) is 3.74. The van der Waals surface area contributed by atoms with Crippen molar-refractivity contribution in [3.05, 3.63) is 52.3 Å². The number of sulfonamides is 1. The summed E-state index contributed by atoms with van der Waals surface area (Å²) in [6.07, 6.45) is 0. The number of halogens is 2. The smallest absolute Gasteiger partial charge is 0.262 e. The summed E-state index contributed by atoms with van der Waals surface area (Å²) < 4.78 is 41.4. The lowest BCUT2D eigenvalue weighted by Gasteiger charge is -2.14. The van der Waals surface area contributed by atoms with E-state index in [1.165, 1.54) is 18.2 Å². The van der Waals surface area contributed by atoms with Crippen molar-refractivity contribution in [2.75, 3.05) is 17.1 Å². The van der Waals surface area contributed by atoms with E-state index in [9.17, 15) is 12.8 Å². The molecule has 2 rings (SSSR count). The molecule has 0 bridgehead atoms. The minimum atomic E-state index is -3.84. The summed E-state index contributed by atoms with van der Waals surface area (Å²) in [7, 11) is -2.26. The minimum Gasteiger partial charge on any atom is -0.386 e. The van der Waals surface area contributed by atoms with Gasteiger partial charge in [-0.05, 0) is 31.2 Å². The quantitative estimate of drug-likeness (QED) is 0.859. The van der Waals surface area contributed by atoms with E-state index in [1.54, 1.807) is 25.2 Å². The molecule has 2 N–H and O–H groups in total. The SMILES string of the molecule is CNc1cc(Br)cc(F)c1NS(=O)(=O)c1ccc(C)cc1. The fourth-order valence-electron chi connectivity index (χ4n) is 1.79. The monoisotopic (exact) mass is 372 g/mol. The molecule has 0 amide bonds. The van der Waals surface area contributed by atoms with Gasteiger partial charge in [0.15, 0.2) is 5.82 Å². The molecule has 0 radical (unpaired) electrons. The first-order valence-corrected chi connectivity index (χ1v) is 8.37. The molecule has 2 aromatic rings.